The second-order valence-corrected chi connectivity index (χ2v) is 4.43. The van der Waals surface area contributed by atoms with E-state index in [1.807, 2.05) is 0 Å². The van der Waals surface area contributed by atoms with Gasteiger partial charge >= 0.3 is 12.4 Å². The van der Waals surface area contributed by atoms with Gasteiger partial charge in [-0.1, -0.05) is 31.2 Å². The Morgan fingerprint density at radius 1 is 1.05 bits per heavy atom. The summed E-state index contributed by atoms with van der Waals surface area (Å²) in [5.41, 5.74) is 0.664. The first-order valence-electron chi connectivity index (χ1n) is 6.00. The van der Waals surface area contributed by atoms with Crippen molar-refractivity contribution in [1.29, 1.82) is 0 Å². The Morgan fingerprint density at radius 2 is 1.60 bits per heavy atom. The van der Waals surface area contributed by atoms with Gasteiger partial charge in [0.1, 0.15) is 0 Å². The first kappa shape index (κ1) is 16.8. The molecule has 1 unspecified atom stereocenters. The van der Waals surface area contributed by atoms with Gasteiger partial charge in [-0.05, 0) is 24.6 Å². The zero-order valence-electron chi connectivity index (χ0n) is 10.9. The molecule has 0 bridgehead atoms. The molecule has 20 heavy (non-hydrogen) atoms. The van der Waals surface area contributed by atoms with Gasteiger partial charge in [0, 0.05) is 0 Å². The summed E-state index contributed by atoms with van der Waals surface area (Å²) in [6, 6.07) is 3.90. The van der Waals surface area contributed by atoms with Crippen molar-refractivity contribution in [2.24, 2.45) is 5.92 Å². The summed E-state index contributed by atoms with van der Waals surface area (Å²) in [6.07, 6.45) is -10.2. The fraction of sp³-hybridized carbons (Fsp3) is 0.538. The van der Waals surface area contributed by atoms with E-state index < -0.39 is 24.3 Å². The Morgan fingerprint density at radius 3 is 2.00 bits per heavy atom. The Labute approximate surface area is 113 Å². The van der Waals surface area contributed by atoms with Gasteiger partial charge in [-0.15, -0.1) is 0 Å². The highest BCUT2D eigenvalue weighted by molar-refractivity contribution is 5.27. The van der Waals surface area contributed by atoms with Crippen LogP contribution in [0.4, 0.5) is 26.3 Å². The predicted molar refractivity (Wildman–Crippen MR) is 63.2 cm³/mol. The van der Waals surface area contributed by atoms with Crippen molar-refractivity contribution >= 4 is 0 Å². The summed E-state index contributed by atoms with van der Waals surface area (Å²) in [4.78, 5) is 0. The lowest BCUT2D eigenvalue weighted by Gasteiger charge is -2.31. The van der Waals surface area contributed by atoms with Crippen LogP contribution in [0.15, 0.2) is 24.3 Å². The molecular formula is C13H15F6N. The van der Waals surface area contributed by atoms with E-state index in [4.69, 9.17) is 0 Å². The Hall–Kier alpha value is -1.24. The van der Waals surface area contributed by atoms with Crippen molar-refractivity contribution in [1.82, 2.24) is 5.32 Å². The molecule has 0 spiro atoms. The molecule has 1 N–H and O–H groups in total. The summed E-state index contributed by atoms with van der Waals surface area (Å²) in [5, 5.41) is 2.14. The molecule has 1 rings (SSSR count). The third kappa shape index (κ3) is 3.88. The van der Waals surface area contributed by atoms with Crippen molar-refractivity contribution < 1.29 is 26.3 Å². The summed E-state index contributed by atoms with van der Waals surface area (Å²) in [5.74, 6) is -3.44. The van der Waals surface area contributed by atoms with E-state index in [9.17, 15) is 26.3 Å². The Kier molecular flexibility index (Phi) is 5.07. The van der Waals surface area contributed by atoms with Gasteiger partial charge in [0.15, 0.2) is 5.92 Å². The molecule has 1 aromatic rings. The second kappa shape index (κ2) is 6.03. The number of halogens is 6. The lowest BCUT2D eigenvalue weighted by Crippen LogP contribution is -2.45. The zero-order valence-corrected chi connectivity index (χ0v) is 10.9. The molecule has 1 aromatic carbocycles. The molecule has 0 aliphatic rings. The average Bonchev–Trinajstić information content (AvgIpc) is 2.32. The summed E-state index contributed by atoms with van der Waals surface area (Å²) in [7, 11) is 1.09. The fourth-order valence-corrected chi connectivity index (χ4v) is 2.10. The molecule has 0 aliphatic carbocycles. The van der Waals surface area contributed by atoms with Gasteiger partial charge < -0.3 is 5.32 Å². The molecule has 0 amide bonds. The number of alkyl halides is 6. The number of rotatable bonds is 4. The molecule has 0 fully saturated rings. The highest BCUT2D eigenvalue weighted by Crippen LogP contribution is 2.46. The molecule has 1 atom stereocenters. The van der Waals surface area contributed by atoms with E-state index in [1.54, 1.807) is 13.0 Å². The average molecular weight is 299 g/mol. The summed E-state index contributed by atoms with van der Waals surface area (Å²) in [6.45, 7) is 1.78. The van der Waals surface area contributed by atoms with Crippen LogP contribution in [0.2, 0.25) is 0 Å². The minimum Gasteiger partial charge on any atom is -0.312 e. The minimum absolute atomic E-state index is 0.0218. The maximum absolute atomic E-state index is 12.8. The van der Waals surface area contributed by atoms with E-state index in [2.05, 4.69) is 5.32 Å². The van der Waals surface area contributed by atoms with Crippen molar-refractivity contribution in [3.8, 4) is 0 Å². The van der Waals surface area contributed by atoms with Crippen molar-refractivity contribution in [3.63, 3.8) is 0 Å². The molecule has 0 radical (unpaired) electrons. The largest absolute Gasteiger partial charge is 0.402 e. The normalized spacial score (nSPS) is 14.7. The number of hydrogen-bond donors (Lipinski definition) is 1. The summed E-state index contributed by atoms with van der Waals surface area (Å²) < 4.78 is 76.6. The van der Waals surface area contributed by atoms with Crippen LogP contribution >= 0.6 is 0 Å². The Balaban J connectivity index is 3.26. The van der Waals surface area contributed by atoms with E-state index in [-0.39, 0.29) is 5.56 Å². The van der Waals surface area contributed by atoms with Crippen LogP contribution in [0.3, 0.4) is 0 Å². The van der Waals surface area contributed by atoms with Crippen LogP contribution in [0.25, 0.3) is 0 Å². The van der Waals surface area contributed by atoms with E-state index >= 15 is 0 Å². The van der Waals surface area contributed by atoms with Crippen molar-refractivity contribution in [3.05, 3.63) is 35.4 Å². The molecule has 0 saturated carbocycles. The van der Waals surface area contributed by atoms with Crippen LogP contribution in [-0.4, -0.2) is 19.4 Å². The van der Waals surface area contributed by atoms with E-state index in [1.165, 1.54) is 18.2 Å². The molecule has 0 aromatic heterocycles. The smallest absolute Gasteiger partial charge is 0.312 e. The van der Waals surface area contributed by atoms with Gasteiger partial charge in [0.05, 0.1) is 6.04 Å². The predicted octanol–water partition coefficient (Wildman–Crippen LogP) is 4.25. The molecule has 0 saturated heterocycles. The third-order valence-corrected chi connectivity index (χ3v) is 3.07. The van der Waals surface area contributed by atoms with Crippen LogP contribution in [0, 0.1) is 5.92 Å². The van der Waals surface area contributed by atoms with Gasteiger partial charge in [0.25, 0.3) is 0 Å². The van der Waals surface area contributed by atoms with Crippen molar-refractivity contribution in [2.45, 2.75) is 31.7 Å². The second-order valence-electron chi connectivity index (χ2n) is 4.43. The highest BCUT2D eigenvalue weighted by Gasteiger charge is 2.60. The highest BCUT2D eigenvalue weighted by atomic mass is 19.4. The number of nitrogens with one attached hydrogen (secondary N) is 1. The van der Waals surface area contributed by atoms with Gasteiger partial charge in [-0.25, -0.2) is 0 Å². The SMILES string of the molecule is CCc1cccc(C(NC)C(C(F)(F)F)C(F)(F)F)c1. The molecule has 0 heterocycles. The minimum atomic E-state index is -5.37. The van der Waals surface area contributed by atoms with Crippen molar-refractivity contribution in [2.75, 3.05) is 7.05 Å². The molecule has 7 heteroatoms. The molecule has 114 valence electrons. The standard InChI is InChI=1S/C13H15F6N/c1-3-8-5-4-6-9(7-8)10(20-2)11(12(14,15)16)13(17,18)19/h4-7,10-11,20H,3H2,1-2H3. The number of aryl methyl sites for hydroxylation is 1. The van der Waals surface area contributed by atoms with Crippen LogP contribution in [0.1, 0.15) is 24.1 Å². The first-order chi connectivity index (χ1) is 9.11. The monoisotopic (exact) mass is 299 g/mol. The third-order valence-electron chi connectivity index (χ3n) is 3.07. The zero-order chi connectivity index (χ0) is 15.6. The van der Waals surface area contributed by atoms with Gasteiger partial charge in [-0.2, -0.15) is 26.3 Å². The number of hydrogen-bond acceptors (Lipinski definition) is 1. The van der Waals surface area contributed by atoms with Crippen LogP contribution in [0.5, 0.6) is 0 Å². The van der Waals surface area contributed by atoms with E-state index in [0.29, 0.717) is 12.0 Å². The maximum Gasteiger partial charge on any atom is 0.402 e. The topological polar surface area (TPSA) is 12.0 Å². The molecular weight excluding hydrogens is 284 g/mol. The van der Waals surface area contributed by atoms with Crippen LogP contribution < -0.4 is 5.32 Å². The lowest BCUT2D eigenvalue weighted by molar-refractivity contribution is -0.292. The quantitative estimate of drug-likeness (QED) is 0.820. The van der Waals surface area contributed by atoms with Crippen LogP contribution in [-0.2, 0) is 6.42 Å². The maximum atomic E-state index is 12.8. The summed E-state index contributed by atoms with van der Waals surface area (Å²) >= 11 is 0. The number of benzene rings is 1. The van der Waals surface area contributed by atoms with Gasteiger partial charge in [0.2, 0.25) is 0 Å². The lowest BCUT2D eigenvalue weighted by atomic mass is 9.90. The molecule has 1 nitrogen and oxygen atoms in total. The van der Waals surface area contributed by atoms with Gasteiger partial charge in [-0.3, -0.25) is 0 Å². The first-order valence-corrected chi connectivity index (χ1v) is 6.00. The molecule has 0 aliphatic heterocycles. The fourth-order valence-electron chi connectivity index (χ4n) is 2.10. The Bertz CT molecular complexity index is 423. The van der Waals surface area contributed by atoms with E-state index in [0.717, 1.165) is 7.05 Å².